The van der Waals surface area contributed by atoms with E-state index in [-0.39, 0.29) is 12.1 Å². The zero-order valence-corrected chi connectivity index (χ0v) is 10.3. The predicted octanol–water partition coefficient (Wildman–Crippen LogP) is 2.56. The molecule has 0 aromatic carbocycles. The number of esters is 1. The zero-order valence-electron chi connectivity index (χ0n) is 9.43. The van der Waals surface area contributed by atoms with Crippen molar-refractivity contribution in [3.8, 4) is 0 Å². The maximum Gasteiger partial charge on any atom is 0.357 e. The molecule has 1 aromatic rings. The summed E-state index contributed by atoms with van der Waals surface area (Å²) in [6, 6.07) is 0. The van der Waals surface area contributed by atoms with E-state index in [4.69, 9.17) is 9.47 Å². The predicted molar refractivity (Wildman–Crippen MR) is 60.6 cm³/mol. The number of thiazole rings is 1. The van der Waals surface area contributed by atoms with Crippen LogP contribution in [0.2, 0.25) is 0 Å². The van der Waals surface area contributed by atoms with E-state index in [1.807, 2.05) is 0 Å². The second-order valence-electron chi connectivity index (χ2n) is 3.80. The molecule has 1 fully saturated rings. The number of aromatic nitrogens is 1. The summed E-state index contributed by atoms with van der Waals surface area (Å²) in [5.74, 6) is -0.351. The van der Waals surface area contributed by atoms with Gasteiger partial charge in [-0.1, -0.05) is 0 Å². The van der Waals surface area contributed by atoms with Gasteiger partial charge in [-0.05, 0) is 26.7 Å². The average molecular weight is 241 g/mol. The minimum Gasteiger partial charge on any atom is -0.461 e. The van der Waals surface area contributed by atoms with Gasteiger partial charge >= 0.3 is 5.97 Å². The van der Waals surface area contributed by atoms with E-state index in [0.717, 1.165) is 17.8 Å². The maximum absolute atomic E-state index is 11.4. The highest BCUT2D eigenvalue weighted by Crippen LogP contribution is 2.34. The van der Waals surface area contributed by atoms with Gasteiger partial charge in [0, 0.05) is 5.38 Å². The Morgan fingerprint density at radius 1 is 1.69 bits per heavy atom. The first-order valence-electron chi connectivity index (χ1n) is 5.48. The summed E-state index contributed by atoms with van der Waals surface area (Å²) in [7, 11) is 0. The van der Waals surface area contributed by atoms with Crippen LogP contribution in [0.25, 0.3) is 0 Å². The van der Waals surface area contributed by atoms with E-state index >= 15 is 0 Å². The summed E-state index contributed by atoms with van der Waals surface area (Å²) >= 11 is 1.47. The van der Waals surface area contributed by atoms with Gasteiger partial charge in [0.1, 0.15) is 11.1 Å². The molecule has 2 heterocycles. The molecule has 0 N–H and O–H groups in total. The highest BCUT2D eigenvalue weighted by Gasteiger charge is 2.26. The van der Waals surface area contributed by atoms with Gasteiger partial charge in [-0.2, -0.15) is 0 Å². The molecule has 2 unspecified atom stereocenters. The lowest BCUT2D eigenvalue weighted by Crippen LogP contribution is -2.06. The number of hydrogen-bond donors (Lipinski definition) is 0. The van der Waals surface area contributed by atoms with E-state index in [2.05, 4.69) is 11.9 Å². The third-order valence-electron chi connectivity index (χ3n) is 2.51. The Morgan fingerprint density at radius 3 is 3.12 bits per heavy atom. The van der Waals surface area contributed by atoms with Gasteiger partial charge in [-0.15, -0.1) is 11.3 Å². The molecule has 0 aliphatic carbocycles. The SMILES string of the molecule is CCOC(=O)c1csc(C2CCC(C)O2)n1. The van der Waals surface area contributed by atoms with Gasteiger partial charge in [0.05, 0.1) is 12.7 Å². The summed E-state index contributed by atoms with van der Waals surface area (Å²) in [6.45, 7) is 4.22. The van der Waals surface area contributed by atoms with Crippen molar-refractivity contribution in [2.75, 3.05) is 6.61 Å². The molecule has 0 bridgehead atoms. The van der Waals surface area contributed by atoms with Crippen LogP contribution in [0.1, 0.15) is 48.3 Å². The fourth-order valence-corrected chi connectivity index (χ4v) is 2.58. The molecule has 1 aliphatic heterocycles. The van der Waals surface area contributed by atoms with Crippen molar-refractivity contribution in [1.29, 1.82) is 0 Å². The first kappa shape index (κ1) is 11.5. The number of carbonyl (C=O) groups excluding carboxylic acids is 1. The Labute approximate surface area is 98.6 Å². The normalized spacial score (nSPS) is 24.6. The minimum absolute atomic E-state index is 0.0585. The van der Waals surface area contributed by atoms with Crippen LogP contribution in [-0.4, -0.2) is 23.7 Å². The number of ether oxygens (including phenoxy) is 2. The van der Waals surface area contributed by atoms with Crippen LogP contribution in [0.3, 0.4) is 0 Å². The van der Waals surface area contributed by atoms with Crippen molar-refractivity contribution in [3.63, 3.8) is 0 Å². The molecule has 2 rings (SSSR count). The Hall–Kier alpha value is -0.940. The van der Waals surface area contributed by atoms with Gasteiger partial charge in [-0.3, -0.25) is 0 Å². The van der Waals surface area contributed by atoms with Crippen LogP contribution >= 0.6 is 11.3 Å². The Balaban J connectivity index is 2.04. The van der Waals surface area contributed by atoms with Crippen molar-refractivity contribution in [3.05, 3.63) is 16.1 Å². The Kier molecular flexibility index (Phi) is 3.56. The fraction of sp³-hybridized carbons (Fsp3) is 0.636. The minimum atomic E-state index is -0.351. The largest absolute Gasteiger partial charge is 0.461 e. The molecular formula is C11H15NO3S. The number of carbonyl (C=O) groups is 1. The average Bonchev–Trinajstić information content (AvgIpc) is 2.85. The molecule has 1 aromatic heterocycles. The van der Waals surface area contributed by atoms with Gasteiger partial charge < -0.3 is 9.47 Å². The highest BCUT2D eigenvalue weighted by atomic mass is 32.1. The van der Waals surface area contributed by atoms with Crippen molar-refractivity contribution in [2.24, 2.45) is 0 Å². The fourth-order valence-electron chi connectivity index (χ4n) is 1.72. The Morgan fingerprint density at radius 2 is 2.50 bits per heavy atom. The summed E-state index contributed by atoms with van der Waals surface area (Å²) in [4.78, 5) is 15.7. The summed E-state index contributed by atoms with van der Waals surface area (Å²) < 4.78 is 10.6. The van der Waals surface area contributed by atoms with Crippen LogP contribution in [-0.2, 0) is 9.47 Å². The van der Waals surface area contributed by atoms with Crippen molar-refractivity contribution in [1.82, 2.24) is 4.98 Å². The van der Waals surface area contributed by atoms with E-state index in [9.17, 15) is 4.79 Å². The number of hydrogen-bond acceptors (Lipinski definition) is 5. The Bertz CT molecular complexity index is 377. The number of nitrogens with zero attached hydrogens (tertiary/aromatic N) is 1. The monoisotopic (exact) mass is 241 g/mol. The third-order valence-corrected chi connectivity index (χ3v) is 3.45. The second-order valence-corrected chi connectivity index (χ2v) is 4.69. The number of rotatable bonds is 3. The smallest absolute Gasteiger partial charge is 0.357 e. The molecule has 0 saturated carbocycles. The van der Waals surface area contributed by atoms with Crippen LogP contribution in [0, 0.1) is 0 Å². The van der Waals surface area contributed by atoms with Crippen molar-refractivity contribution < 1.29 is 14.3 Å². The highest BCUT2D eigenvalue weighted by molar-refractivity contribution is 7.09. The van der Waals surface area contributed by atoms with Crippen LogP contribution in [0.15, 0.2) is 5.38 Å². The first-order chi connectivity index (χ1) is 7.70. The molecule has 1 saturated heterocycles. The van der Waals surface area contributed by atoms with Gasteiger partial charge in [0.2, 0.25) is 0 Å². The van der Waals surface area contributed by atoms with Crippen molar-refractivity contribution >= 4 is 17.3 Å². The van der Waals surface area contributed by atoms with Crippen LogP contribution in [0.4, 0.5) is 0 Å². The lowest BCUT2D eigenvalue weighted by molar-refractivity contribution is 0.0508. The standard InChI is InChI=1S/C11H15NO3S/c1-3-14-11(13)8-6-16-10(12-8)9-5-4-7(2)15-9/h6-7,9H,3-5H2,1-2H3. The molecular weight excluding hydrogens is 226 g/mol. The molecule has 1 aliphatic rings. The van der Waals surface area contributed by atoms with Gasteiger partial charge in [0.15, 0.2) is 5.69 Å². The summed E-state index contributed by atoms with van der Waals surface area (Å²) in [6.07, 6.45) is 2.39. The topological polar surface area (TPSA) is 48.4 Å². The molecule has 4 nitrogen and oxygen atoms in total. The zero-order chi connectivity index (χ0) is 11.5. The molecule has 0 spiro atoms. The lowest BCUT2D eigenvalue weighted by atomic mass is 10.2. The summed E-state index contributed by atoms with van der Waals surface area (Å²) in [5, 5.41) is 2.62. The summed E-state index contributed by atoms with van der Waals surface area (Å²) in [5.41, 5.74) is 0.394. The molecule has 5 heteroatoms. The maximum atomic E-state index is 11.4. The molecule has 2 atom stereocenters. The van der Waals surface area contributed by atoms with Crippen LogP contribution < -0.4 is 0 Å². The second kappa shape index (κ2) is 4.93. The quantitative estimate of drug-likeness (QED) is 0.763. The first-order valence-corrected chi connectivity index (χ1v) is 6.36. The molecule has 0 amide bonds. The molecule has 88 valence electrons. The lowest BCUT2D eigenvalue weighted by Gasteiger charge is -2.06. The van der Waals surface area contributed by atoms with E-state index in [1.54, 1.807) is 12.3 Å². The van der Waals surface area contributed by atoms with Gasteiger partial charge in [-0.25, -0.2) is 9.78 Å². The third kappa shape index (κ3) is 2.41. The van der Waals surface area contributed by atoms with Crippen LogP contribution in [0.5, 0.6) is 0 Å². The van der Waals surface area contributed by atoms with Gasteiger partial charge in [0.25, 0.3) is 0 Å². The van der Waals surface area contributed by atoms with Crippen molar-refractivity contribution in [2.45, 2.75) is 38.9 Å². The van der Waals surface area contributed by atoms with E-state index in [0.29, 0.717) is 18.4 Å². The van der Waals surface area contributed by atoms with E-state index in [1.165, 1.54) is 11.3 Å². The van der Waals surface area contributed by atoms with E-state index < -0.39 is 0 Å². The molecule has 0 radical (unpaired) electrons. The molecule has 16 heavy (non-hydrogen) atoms.